The van der Waals surface area contributed by atoms with E-state index in [4.69, 9.17) is 14.2 Å². The molecule has 33 heavy (non-hydrogen) atoms. The third kappa shape index (κ3) is 5.31. The lowest BCUT2D eigenvalue weighted by molar-refractivity contribution is -0.125. The van der Waals surface area contributed by atoms with Crippen LogP contribution in [0.25, 0.3) is 0 Å². The molecule has 2 aromatic rings. The lowest BCUT2D eigenvalue weighted by Gasteiger charge is -2.40. The lowest BCUT2D eigenvalue weighted by atomic mass is 9.76. The number of methoxy groups -OCH3 is 1. The van der Waals surface area contributed by atoms with E-state index in [1.807, 2.05) is 0 Å². The second kappa shape index (κ2) is 10.1. The fraction of sp³-hybridized carbons (Fsp3) is 0.409. The second-order valence-electron chi connectivity index (χ2n) is 7.76. The third-order valence-corrected chi connectivity index (χ3v) is 7.18. The van der Waals surface area contributed by atoms with Gasteiger partial charge in [-0.2, -0.15) is 0 Å². The molecule has 0 unspecified atom stereocenters. The molecule has 0 bridgehead atoms. The van der Waals surface area contributed by atoms with Crippen LogP contribution in [0.15, 0.2) is 34.1 Å². The maximum atomic E-state index is 13.1. The predicted molar refractivity (Wildman–Crippen MR) is 127 cm³/mol. The average Bonchev–Trinajstić information content (AvgIpc) is 3.04. The van der Waals surface area contributed by atoms with E-state index in [2.05, 4.69) is 26.6 Å². The number of anilines is 2. The topological polar surface area (TPSA) is 106 Å². The molecule has 2 aliphatic rings. The number of nitrogens with one attached hydrogen (secondary N) is 2. The van der Waals surface area contributed by atoms with Gasteiger partial charge in [0.1, 0.15) is 11.3 Å². The Morgan fingerprint density at radius 3 is 2.70 bits per heavy atom. The lowest BCUT2D eigenvalue weighted by Crippen LogP contribution is -2.61. The molecule has 1 aromatic heterocycles. The second-order valence-corrected chi connectivity index (χ2v) is 10.2. The molecule has 2 fully saturated rings. The quantitative estimate of drug-likeness (QED) is 0.578. The van der Waals surface area contributed by atoms with Crippen LogP contribution in [0.2, 0.25) is 0 Å². The average molecular weight is 538 g/mol. The van der Waals surface area contributed by atoms with E-state index in [0.717, 1.165) is 10.2 Å². The molecule has 2 N–H and O–H groups in total. The Balaban J connectivity index is 1.45. The van der Waals surface area contributed by atoms with Crippen molar-refractivity contribution >= 4 is 56.5 Å². The fourth-order valence-electron chi connectivity index (χ4n) is 3.76. The first-order chi connectivity index (χ1) is 15.9. The molecule has 0 radical (unpaired) electrons. The van der Waals surface area contributed by atoms with E-state index in [1.165, 1.54) is 18.4 Å². The van der Waals surface area contributed by atoms with Crippen LogP contribution in [0.5, 0.6) is 10.8 Å². The van der Waals surface area contributed by atoms with Gasteiger partial charge in [-0.25, -0.2) is 4.79 Å². The Morgan fingerprint density at radius 1 is 1.21 bits per heavy atom. The number of hydrogen-bond acceptors (Lipinski definition) is 7. The van der Waals surface area contributed by atoms with Crippen LogP contribution >= 0.6 is 27.3 Å². The van der Waals surface area contributed by atoms with Gasteiger partial charge in [0.05, 0.1) is 36.2 Å². The summed E-state index contributed by atoms with van der Waals surface area (Å²) in [6, 6.07) is 8.57. The molecule has 1 saturated heterocycles. The molecule has 0 atom stereocenters. The summed E-state index contributed by atoms with van der Waals surface area (Å²) in [6.07, 6.45) is 1.47. The summed E-state index contributed by atoms with van der Waals surface area (Å²) < 4.78 is 17.0. The molecule has 1 aromatic carbocycles. The minimum Gasteiger partial charge on any atom is -0.494 e. The van der Waals surface area contributed by atoms with Gasteiger partial charge in [-0.1, -0.05) is 11.3 Å². The zero-order valence-electron chi connectivity index (χ0n) is 18.0. The summed E-state index contributed by atoms with van der Waals surface area (Å²) in [5.41, 5.74) is 0.0891. The number of halogens is 1. The number of benzene rings is 1. The van der Waals surface area contributed by atoms with Crippen molar-refractivity contribution in [2.45, 2.75) is 31.2 Å². The number of ether oxygens (including phenoxy) is 3. The van der Waals surface area contributed by atoms with Crippen molar-refractivity contribution in [3.8, 4) is 10.8 Å². The predicted octanol–water partition coefficient (Wildman–Crippen LogP) is 3.92. The summed E-state index contributed by atoms with van der Waals surface area (Å²) in [5.74, 6) is 0.0879. The number of thiophene rings is 1. The van der Waals surface area contributed by atoms with Gasteiger partial charge in [0.2, 0.25) is 11.8 Å². The highest BCUT2D eigenvalue weighted by Crippen LogP contribution is 2.36. The van der Waals surface area contributed by atoms with Crippen molar-refractivity contribution in [2.75, 3.05) is 37.1 Å². The monoisotopic (exact) mass is 537 g/mol. The normalized spacial score (nSPS) is 17.5. The summed E-state index contributed by atoms with van der Waals surface area (Å²) in [6.45, 7) is 1.27. The van der Waals surface area contributed by atoms with E-state index in [-0.39, 0.29) is 11.8 Å². The number of amides is 3. The first-order valence-corrected chi connectivity index (χ1v) is 12.1. The third-order valence-electron chi connectivity index (χ3n) is 5.67. The highest BCUT2D eigenvalue weighted by molar-refractivity contribution is 9.11. The van der Waals surface area contributed by atoms with E-state index >= 15 is 0 Å². The number of carbonyl (C=O) groups is 3. The van der Waals surface area contributed by atoms with Crippen molar-refractivity contribution in [3.05, 3.63) is 34.1 Å². The van der Waals surface area contributed by atoms with Gasteiger partial charge in [0.15, 0.2) is 5.06 Å². The molecule has 1 aliphatic carbocycles. The molecule has 2 heterocycles. The Morgan fingerprint density at radius 2 is 2.03 bits per heavy atom. The van der Waals surface area contributed by atoms with Crippen LogP contribution in [0.1, 0.15) is 25.7 Å². The van der Waals surface area contributed by atoms with E-state index < -0.39 is 11.6 Å². The molecule has 11 heteroatoms. The molecule has 4 rings (SSSR count). The molecule has 1 aliphatic heterocycles. The Kier molecular flexibility index (Phi) is 7.20. The molecular formula is C22H24BrN3O6S. The number of carbonyl (C=O) groups excluding carboxylic acids is 3. The van der Waals surface area contributed by atoms with Crippen molar-refractivity contribution in [1.29, 1.82) is 0 Å². The SMILES string of the molecule is COc1cc(NC(=O)C2(NC(=O)Oc3ccc(Br)s3)CCC2)ccc1N1CCOCCC1=O. The van der Waals surface area contributed by atoms with Crippen LogP contribution < -0.4 is 25.0 Å². The van der Waals surface area contributed by atoms with E-state index in [9.17, 15) is 14.4 Å². The van der Waals surface area contributed by atoms with Crippen LogP contribution in [0.3, 0.4) is 0 Å². The van der Waals surface area contributed by atoms with Gasteiger partial charge in [-0.05, 0) is 59.5 Å². The van der Waals surface area contributed by atoms with E-state index in [1.54, 1.807) is 35.2 Å². The molecule has 176 valence electrons. The number of rotatable bonds is 6. The van der Waals surface area contributed by atoms with Crippen molar-refractivity contribution in [2.24, 2.45) is 0 Å². The minimum atomic E-state index is -1.03. The standard InChI is InChI=1S/C22H24BrN3O6S/c1-30-16-13-14(3-4-15(16)26-10-12-31-11-7-18(26)27)24-20(28)22(8-2-9-22)25-21(29)32-19-6-5-17(23)33-19/h3-6,13H,2,7-12H2,1H3,(H,24,28)(H,25,29). The van der Waals surface area contributed by atoms with Gasteiger partial charge in [-0.15, -0.1) is 0 Å². The molecule has 0 spiro atoms. The zero-order valence-corrected chi connectivity index (χ0v) is 20.4. The first-order valence-electron chi connectivity index (χ1n) is 10.5. The van der Waals surface area contributed by atoms with Crippen LogP contribution in [0, 0.1) is 0 Å². The van der Waals surface area contributed by atoms with Crippen molar-refractivity contribution in [3.63, 3.8) is 0 Å². The van der Waals surface area contributed by atoms with E-state index in [0.29, 0.717) is 61.2 Å². The van der Waals surface area contributed by atoms with Gasteiger partial charge < -0.3 is 29.7 Å². The summed E-state index contributed by atoms with van der Waals surface area (Å²) in [5, 5.41) is 6.03. The summed E-state index contributed by atoms with van der Waals surface area (Å²) >= 11 is 4.60. The Bertz CT molecular complexity index is 1050. The van der Waals surface area contributed by atoms with Crippen LogP contribution in [0.4, 0.5) is 16.2 Å². The highest BCUT2D eigenvalue weighted by Gasteiger charge is 2.46. The van der Waals surface area contributed by atoms with Gasteiger partial charge >= 0.3 is 6.09 Å². The van der Waals surface area contributed by atoms with Crippen LogP contribution in [-0.2, 0) is 14.3 Å². The summed E-state index contributed by atoms with van der Waals surface area (Å²) in [7, 11) is 1.51. The maximum absolute atomic E-state index is 13.1. The van der Waals surface area contributed by atoms with Crippen molar-refractivity contribution < 1.29 is 28.6 Å². The first kappa shape index (κ1) is 23.5. The molecular weight excluding hydrogens is 514 g/mol. The van der Waals surface area contributed by atoms with Crippen LogP contribution in [-0.4, -0.2) is 50.3 Å². The molecule has 3 amide bonds. The van der Waals surface area contributed by atoms with Gasteiger partial charge in [0, 0.05) is 18.3 Å². The highest BCUT2D eigenvalue weighted by atomic mass is 79.9. The smallest absolute Gasteiger partial charge is 0.414 e. The van der Waals surface area contributed by atoms with Gasteiger partial charge in [0.25, 0.3) is 0 Å². The maximum Gasteiger partial charge on any atom is 0.414 e. The zero-order chi connectivity index (χ0) is 23.4. The molecule has 1 saturated carbocycles. The minimum absolute atomic E-state index is 0.0449. The van der Waals surface area contributed by atoms with Crippen molar-refractivity contribution in [1.82, 2.24) is 5.32 Å². The van der Waals surface area contributed by atoms with Gasteiger partial charge in [-0.3, -0.25) is 9.59 Å². The molecule has 9 nitrogen and oxygen atoms in total. The number of nitrogens with zero attached hydrogens (tertiary/aromatic N) is 1. The summed E-state index contributed by atoms with van der Waals surface area (Å²) in [4.78, 5) is 39.5. The fourth-order valence-corrected chi connectivity index (χ4v) is 4.96. The Hall–Kier alpha value is -2.63. The largest absolute Gasteiger partial charge is 0.494 e. The Labute approximate surface area is 203 Å². The number of hydrogen-bond donors (Lipinski definition) is 2.